The molecule has 0 aliphatic carbocycles. The molecule has 0 aromatic heterocycles. The fourth-order valence-electron chi connectivity index (χ4n) is 1.93. The fourth-order valence-corrected chi connectivity index (χ4v) is 3.37. The zero-order valence-corrected chi connectivity index (χ0v) is 12.7. The van der Waals surface area contributed by atoms with Gasteiger partial charge in [0.2, 0.25) is 0 Å². The van der Waals surface area contributed by atoms with Crippen molar-refractivity contribution in [3.05, 3.63) is 29.8 Å². The van der Waals surface area contributed by atoms with Gasteiger partial charge in [0.05, 0.1) is 10.8 Å². The molecule has 2 unspecified atom stereocenters. The van der Waals surface area contributed by atoms with Crippen molar-refractivity contribution in [1.29, 1.82) is 0 Å². The number of nitrogens with two attached hydrogens (primary N) is 1. The van der Waals surface area contributed by atoms with Crippen molar-refractivity contribution < 1.29 is 4.21 Å². The van der Waals surface area contributed by atoms with E-state index in [9.17, 15) is 4.21 Å². The Bertz CT molecular complexity index is 392. The van der Waals surface area contributed by atoms with Gasteiger partial charge in [-0.3, -0.25) is 4.21 Å². The number of rotatable bonds is 5. The molecule has 1 aromatic rings. The van der Waals surface area contributed by atoms with Crippen LogP contribution in [-0.4, -0.2) is 16.0 Å². The summed E-state index contributed by atoms with van der Waals surface area (Å²) in [6.45, 7) is 9.22. The second-order valence-electron chi connectivity index (χ2n) is 5.68. The van der Waals surface area contributed by atoms with Gasteiger partial charge in [0, 0.05) is 10.1 Å². The number of hydrogen-bond donors (Lipinski definition) is 1. The third kappa shape index (κ3) is 3.92. The first kappa shape index (κ1) is 15.4. The smallest absolute Gasteiger partial charge is 0.0561 e. The molecule has 0 heterocycles. The first-order valence-corrected chi connectivity index (χ1v) is 7.82. The lowest BCUT2D eigenvalue weighted by Gasteiger charge is -2.20. The molecule has 1 aromatic carbocycles. The van der Waals surface area contributed by atoms with Crippen molar-refractivity contribution >= 4 is 10.8 Å². The van der Waals surface area contributed by atoms with Crippen LogP contribution >= 0.6 is 0 Å². The summed E-state index contributed by atoms with van der Waals surface area (Å²) in [5, 5.41) is 0.176. The molecule has 0 aliphatic rings. The molecule has 0 bridgehead atoms. The topological polar surface area (TPSA) is 43.1 Å². The molecule has 0 spiro atoms. The summed E-state index contributed by atoms with van der Waals surface area (Å²) in [6, 6.07) is 8.16. The minimum atomic E-state index is -0.936. The maximum Gasteiger partial charge on any atom is 0.0561 e. The van der Waals surface area contributed by atoms with Gasteiger partial charge < -0.3 is 5.73 Å². The molecule has 0 fully saturated rings. The number of hydrogen-bond acceptors (Lipinski definition) is 2. The lowest BCUT2D eigenvalue weighted by atomic mass is 9.87. The molecule has 102 valence electrons. The van der Waals surface area contributed by atoms with Crippen molar-refractivity contribution in [1.82, 2.24) is 0 Å². The van der Waals surface area contributed by atoms with Gasteiger partial charge in [-0.05, 0) is 42.5 Å². The lowest BCUT2D eigenvalue weighted by molar-refractivity contribution is 0.589. The van der Waals surface area contributed by atoms with Gasteiger partial charge in [0.15, 0.2) is 0 Å². The maximum atomic E-state index is 12.4. The monoisotopic (exact) mass is 267 g/mol. The van der Waals surface area contributed by atoms with Crippen molar-refractivity contribution in [2.45, 2.75) is 56.1 Å². The SMILES string of the molecule is CCC(CCN)S(=O)c1ccc(C(C)(C)C)cc1. The van der Waals surface area contributed by atoms with E-state index in [0.29, 0.717) is 6.54 Å². The van der Waals surface area contributed by atoms with Gasteiger partial charge in [-0.15, -0.1) is 0 Å². The van der Waals surface area contributed by atoms with Gasteiger partial charge in [-0.1, -0.05) is 39.8 Å². The van der Waals surface area contributed by atoms with Gasteiger partial charge in [-0.25, -0.2) is 0 Å². The summed E-state index contributed by atoms with van der Waals surface area (Å²) in [4.78, 5) is 0.920. The van der Waals surface area contributed by atoms with Gasteiger partial charge in [0.1, 0.15) is 0 Å². The molecule has 2 N–H and O–H groups in total. The van der Waals surface area contributed by atoms with Crippen LogP contribution in [0.3, 0.4) is 0 Å². The summed E-state index contributed by atoms with van der Waals surface area (Å²) in [5.74, 6) is 0. The van der Waals surface area contributed by atoms with Crippen LogP contribution in [0.5, 0.6) is 0 Å². The van der Waals surface area contributed by atoms with E-state index in [1.807, 2.05) is 12.1 Å². The third-order valence-corrected chi connectivity index (χ3v) is 5.11. The van der Waals surface area contributed by atoms with Crippen LogP contribution in [0.4, 0.5) is 0 Å². The van der Waals surface area contributed by atoms with Crippen molar-refractivity contribution in [2.75, 3.05) is 6.54 Å². The van der Waals surface area contributed by atoms with E-state index < -0.39 is 10.8 Å². The standard InChI is InChI=1S/C15H25NOS/c1-5-13(10-11-16)18(17)14-8-6-12(7-9-14)15(2,3)4/h6-9,13H,5,10-11,16H2,1-4H3. The predicted octanol–water partition coefficient (Wildman–Crippen LogP) is 3.22. The molecule has 0 amide bonds. The molecule has 2 atom stereocenters. The van der Waals surface area contributed by atoms with Crippen LogP contribution in [-0.2, 0) is 16.2 Å². The Morgan fingerprint density at radius 3 is 2.17 bits per heavy atom. The molecule has 0 radical (unpaired) electrons. The number of benzene rings is 1. The minimum absolute atomic E-state index is 0.140. The summed E-state index contributed by atoms with van der Waals surface area (Å²) in [7, 11) is -0.936. The molecule has 1 rings (SSSR count). The molecule has 2 nitrogen and oxygen atoms in total. The van der Waals surface area contributed by atoms with Gasteiger partial charge >= 0.3 is 0 Å². The second kappa shape index (κ2) is 6.48. The van der Waals surface area contributed by atoms with E-state index in [1.165, 1.54) is 5.56 Å². The largest absolute Gasteiger partial charge is 0.330 e. The van der Waals surface area contributed by atoms with Crippen LogP contribution in [0.1, 0.15) is 46.1 Å². The Hall–Kier alpha value is -0.670. The molecule has 0 aliphatic heterocycles. The highest BCUT2D eigenvalue weighted by Crippen LogP contribution is 2.24. The van der Waals surface area contributed by atoms with Crippen LogP contribution in [0, 0.1) is 0 Å². The molecule has 3 heteroatoms. The Kier molecular flexibility index (Phi) is 5.54. The molecular formula is C15H25NOS. The van der Waals surface area contributed by atoms with Crippen molar-refractivity contribution in [3.63, 3.8) is 0 Å². The Balaban J connectivity index is 2.88. The zero-order valence-electron chi connectivity index (χ0n) is 11.9. The van der Waals surface area contributed by atoms with Crippen molar-refractivity contribution in [3.8, 4) is 0 Å². The quantitative estimate of drug-likeness (QED) is 0.890. The summed E-state index contributed by atoms with van der Waals surface area (Å²) >= 11 is 0. The molecule has 18 heavy (non-hydrogen) atoms. The van der Waals surface area contributed by atoms with Gasteiger partial charge in [0.25, 0.3) is 0 Å². The van der Waals surface area contributed by atoms with Crippen LogP contribution in [0.15, 0.2) is 29.2 Å². The first-order valence-electron chi connectivity index (χ1n) is 6.61. The minimum Gasteiger partial charge on any atom is -0.330 e. The lowest BCUT2D eigenvalue weighted by Crippen LogP contribution is -2.19. The highest BCUT2D eigenvalue weighted by Gasteiger charge is 2.17. The third-order valence-electron chi connectivity index (χ3n) is 3.20. The first-order chi connectivity index (χ1) is 8.40. The molecular weight excluding hydrogens is 242 g/mol. The van der Waals surface area contributed by atoms with E-state index >= 15 is 0 Å². The zero-order chi connectivity index (χ0) is 13.8. The van der Waals surface area contributed by atoms with E-state index in [4.69, 9.17) is 5.73 Å². The van der Waals surface area contributed by atoms with Crippen molar-refractivity contribution in [2.24, 2.45) is 5.73 Å². The average Bonchev–Trinajstić information content (AvgIpc) is 2.34. The Labute approximate surface area is 113 Å². The van der Waals surface area contributed by atoms with Crippen LogP contribution in [0.2, 0.25) is 0 Å². The fraction of sp³-hybridized carbons (Fsp3) is 0.600. The summed E-state index contributed by atoms with van der Waals surface area (Å²) < 4.78 is 12.4. The summed E-state index contributed by atoms with van der Waals surface area (Å²) in [5.41, 5.74) is 6.98. The normalized spacial score (nSPS) is 15.4. The van der Waals surface area contributed by atoms with E-state index in [2.05, 4.69) is 39.8 Å². The summed E-state index contributed by atoms with van der Waals surface area (Å²) in [6.07, 6.45) is 1.73. The second-order valence-corrected chi connectivity index (χ2v) is 7.41. The average molecular weight is 267 g/mol. The molecule has 0 saturated heterocycles. The Morgan fingerprint density at radius 1 is 1.22 bits per heavy atom. The maximum absolute atomic E-state index is 12.4. The van der Waals surface area contributed by atoms with Gasteiger partial charge in [-0.2, -0.15) is 0 Å². The van der Waals surface area contributed by atoms with Crippen LogP contribution in [0.25, 0.3) is 0 Å². The van der Waals surface area contributed by atoms with E-state index in [-0.39, 0.29) is 10.7 Å². The molecule has 0 saturated carbocycles. The van der Waals surface area contributed by atoms with E-state index in [1.54, 1.807) is 0 Å². The Morgan fingerprint density at radius 2 is 1.78 bits per heavy atom. The van der Waals surface area contributed by atoms with Crippen LogP contribution < -0.4 is 5.73 Å². The highest BCUT2D eigenvalue weighted by atomic mass is 32.2. The van der Waals surface area contributed by atoms with E-state index in [0.717, 1.165) is 17.7 Å². The highest BCUT2D eigenvalue weighted by molar-refractivity contribution is 7.85. The predicted molar refractivity (Wildman–Crippen MR) is 79.3 cm³/mol.